The zero-order valence-corrected chi connectivity index (χ0v) is 11.0. The number of hydrogen-bond donors (Lipinski definition) is 1. The lowest BCUT2D eigenvalue weighted by atomic mass is 9.97. The summed E-state index contributed by atoms with van der Waals surface area (Å²) in [5.41, 5.74) is 0.624. The molecular formula is C15H16FNO3. The van der Waals surface area contributed by atoms with E-state index in [-0.39, 0.29) is 17.6 Å². The van der Waals surface area contributed by atoms with Gasteiger partial charge in [-0.1, -0.05) is 12.1 Å². The largest absolute Gasteiger partial charge is 0.481 e. The number of benzene rings is 1. The number of piperidine rings is 1. The second-order valence-corrected chi connectivity index (χ2v) is 4.83. The fourth-order valence-electron chi connectivity index (χ4n) is 2.23. The summed E-state index contributed by atoms with van der Waals surface area (Å²) in [4.78, 5) is 24.4. The molecule has 4 nitrogen and oxygen atoms in total. The molecule has 1 N–H and O–H groups in total. The summed E-state index contributed by atoms with van der Waals surface area (Å²) in [5.74, 6) is -1.67. The maximum Gasteiger partial charge on any atom is 0.306 e. The SMILES string of the molecule is O=C(O)C1CCN(C(=O)C=Cc2cccc(F)c2)CC1. The minimum atomic E-state index is -0.799. The third-order valence-corrected chi connectivity index (χ3v) is 3.42. The number of hydrogen-bond acceptors (Lipinski definition) is 2. The van der Waals surface area contributed by atoms with Gasteiger partial charge in [-0.25, -0.2) is 4.39 Å². The highest BCUT2D eigenvalue weighted by atomic mass is 19.1. The number of carboxylic acids is 1. The third-order valence-electron chi connectivity index (χ3n) is 3.42. The van der Waals surface area contributed by atoms with Crippen LogP contribution in [0.15, 0.2) is 30.3 Å². The molecule has 0 saturated carbocycles. The van der Waals surface area contributed by atoms with Crippen molar-refractivity contribution in [3.63, 3.8) is 0 Å². The Morgan fingerprint density at radius 3 is 2.60 bits per heavy atom. The second-order valence-electron chi connectivity index (χ2n) is 4.83. The van der Waals surface area contributed by atoms with Crippen LogP contribution in [0.4, 0.5) is 4.39 Å². The molecule has 1 aliphatic rings. The Hall–Kier alpha value is -2.17. The first-order valence-corrected chi connectivity index (χ1v) is 6.51. The van der Waals surface area contributed by atoms with Crippen LogP contribution in [0.1, 0.15) is 18.4 Å². The van der Waals surface area contributed by atoms with Crippen molar-refractivity contribution in [2.24, 2.45) is 5.92 Å². The third kappa shape index (κ3) is 3.66. The van der Waals surface area contributed by atoms with Crippen molar-refractivity contribution in [2.75, 3.05) is 13.1 Å². The van der Waals surface area contributed by atoms with E-state index in [1.165, 1.54) is 18.2 Å². The first-order valence-electron chi connectivity index (χ1n) is 6.51. The number of aliphatic carboxylic acids is 1. The first kappa shape index (κ1) is 14.2. The van der Waals surface area contributed by atoms with Gasteiger partial charge in [-0.15, -0.1) is 0 Å². The van der Waals surface area contributed by atoms with Gasteiger partial charge in [-0.2, -0.15) is 0 Å². The van der Waals surface area contributed by atoms with Crippen LogP contribution in [0.2, 0.25) is 0 Å². The van der Waals surface area contributed by atoms with Crippen molar-refractivity contribution in [3.05, 3.63) is 41.7 Å². The van der Waals surface area contributed by atoms with Gasteiger partial charge in [0.2, 0.25) is 5.91 Å². The van der Waals surface area contributed by atoms with Crippen LogP contribution in [0.25, 0.3) is 6.08 Å². The Kier molecular flexibility index (Phi) is 4.50. The number of likely N-dealkylation sites (tertiary alicyclic amines) is 1. The quantitative estimate of drug-likeness (QED) is 0.861. The molecule has 0 unspecified atom stereocenters. The molecule has 0 atom stereocenters. The highest BCUT2D eigenvalue weighted by molar-refractivity contribution is 5.91. The molecule has 0 aromatic heterocycles. The number of carbonyl (C=O) groups excluding carboxylic acids is 1. The highest BCUT2D eigenvalue weighted by Gasteiger charge is 2.25. The van der Waals surface area contributed by atoms with Crippen molar-refractivity contribution in [1.82, 2.24) is 4.90 Å². The number of carboxylic acid groups (broad SMARTS) is 1. The smallest absolute Gasteiger partial charge is 0.306 e. The van der Waals surface area contributed by atoms with E-state index in [9.17, 15) is 14.0 Å². The van der Waals surface area contributed by atoms with E-state index in [0.29, 0.717) is 31.5 Å². The molecule has 1 aromatic rings. The van der Waals surface area contributed by atoms with Crippen LogP contribution < -0.4 is 0 Å². The molecule has 0 spiro atoms. The molecule has 0 radical (unpaired) electrons. The van der Waals surface area contributed by atoms with Gasteiger partial charge in [-0.05, 0) is 36.6 Å². The molecule has 1 heterocycles. The average molecular weight is 277 g/mol. The molecule has 0 aliphatic carbocycles. The van der Waals surface area contributed by atoms with Crippen molar-refractivity contribution in [1.29, 1.82) is 0 Å². The Labute approximate surface area is 116 Å². The van der Waals surface area contributed by atoms with Crippen molar-refractivity contribution in [3.8, 4) is 0 Å². The van der Waals surface area contributed by atoms with Crippen LogP contribution in [-0.2, 0) is 9.59 Å². The molecule has 1 aromatic carbocycles. The topological polar surface area (TPSA) is 57.6 Å². The number of nitrogens with zero attached hydrogens (tertiary/aromatic N) is 1. The van der Waals surface area contributed by atoms with E-state index in [1.807, 2.05) is 0 Å². The minimum Gasteiger partial charge on any atom is -0.481 e. The van der Waals surface area contributed by atoms with Gasteiger partial charge in [0.25, 0.3) is 0 Å². The number of rotatable bonds is 3. The number of carbonyl (C=O) groups is 2. The summed E-state index contributed by atoms with van der Waals surface area (Å²) in [5, 5.41) is 8.89. The maximum absolute atomic E-state index is 13.0. The van der Waals surface area contributed by atoms with Crippen LogP contribution in [0, 0.1) is 11.7 Å². The predicted octanol–water partition coefficient (Wildman–Crippen LogP) is 2.16. The summed E-state index contributed by atoms with van der Waals surface area (Å²) < 4.78 is 13.0. The first-order chi connectivity index (χ1) is 9.56. The second kappa shape index (κ2) is 6.32. The molecule has 1 amide bonds. The van der Waals surface area contributed by atoms with Gasteiger partial charge in [0.1, 0.15) is 5.82 Å². The molecule has 1 saturated heterocycles. The van der Waals surface area contributed by atoms with Crippen molar-refractivity contribution in [2.45, 2.75) is 12.8 Å². The van der Waals surface area contributed by atoms with Gasteiger partial charge in [0.15, 0.2) is 0 Å². The van der Waals surface area contributed by atoms with E-state index in [2.05, 4.69) is 0 Å². The van der Waals surface area contributed by atoms with Crippen molar-refractivity contribution >= 4 is 18.0 Å². The van der Waals surface area contributed by atoms with Gasteiger partial charge in [-0.3, -0.25) is 9.59 Å². The van der Waals surface area contributed by atoms with Gasteiger partial charge < -0.3 is 10.0 Å². The van der Waals surface area contributed by atoms with E-state index in [4.69, 9.17) is 5.11 Å². The molecule has 5 heteroatoms. The van der Waals surface area contributed by atoms with Crippen molar-refractivity contribution < 1.29 is 19.1 Å². The maximum atomic E-state index is 13.0. The number of amides is 1. The minimum absolute atomic E-state index is 0.168. The fraction of sp³-hybridized carbons (Fsp3) is 0.333. The Morgan fingerprint density at radius 2 is 2.00 bits per heavy atom. The molecule has 1 fully saturated rings. The van der Waals surface area contributed by atoms with Crippen LogP contribution in [0.5, 0.6) is 0 Å². The fourth-order valence-corrected chi connectivity index (χ4v) is 2.23. The van der Waals surface area contributed by atoms with Crippen LogP contribution >= 0.6 is 0 Å². The summed E-state index contributed by atoms with van der Waals surface area (Å²) in [6.45, 7) is 0.895. The molecule has 0 bridgehead atoms. The zero-order valence-electron chi connectivity index (χ0n) is 11.0. The van der Waals surface area contributed by atoms with Gasteiger partial charge in [0, 0.05) is 19.2 Å². The van der Waals surface area contributed by atoms with Gasteiger partial charge in [0.05, 0.1) is 5.92 Å². The highest BCUT2D eigenvalue weighted by Crippen LogP contribution is 2.17. The Morgan fingerprint density at radius 1 is 1.30 bits per heavy atom. The monoisotopic (exact) mass is 277 g/mol. The molecule has 106 valence electrons. The zero-order chi connectivity index (χ0) is 14.5. The molecule has 1 aliphatic heterocycles. The van der Waals surface area contributed by atoms with E-state index in [0.717, 1.165) is 0 Å². The molecule has 20 heavy (non-hydrogen) atoms. The lowest BCUT2D eigenvalue weighted by molar-refractivity contribution is -0.144. The molecule has 2 rings (SSSR count). The summed E-state index contributed by atoms with van der Waals surface area (Å²) in [6, 6.07) is 5.98. The Balaban J connectivity index is 1.91. The van der Waals surface area contributed by atoms with E-state index in [1.54, 1.807) is 23.1 Å². The average Bonchev–Trinajstić information content (AvgIpc) is 2.45. The summed E-state index contributed by atoms with van der Waals surface area (Å²) >= 11 is 0. The predicted molar refractivity (Wildman–Crippen MR) is 72.4 cm³/mol. The van der Waals surface area contributed by atoms with Gasteiger partial charge >= 0.3 is 5.97 Å². The van der Waals surface area contributed by atoms with Crippen LogP contribution in [0.3, 0.4) is 0 Å². The van der Waals surface area contributed by atoms with E-state index >= 15 is 0 Å². The van der Waals surface area contributed by atoms with Crippen LogP contribution in [-0.4, -0.2) is 35.0 Å². The lowest BCUT2D eigenvalue weighted by Crippen LogP contribution is -2.39. The van der Waals surface area contributed by atoms with E-state index < -0.39 is 5.97 Å². The normalized spacial score (nSPS) is 16.6. The summed E-state index contributed by atoms with van der Waals surface area (Å²) in [7, 11) is 0. The lowest BCUT2D eigenvalue weighted by Gasteiger charge is -2.29. The standard InChI is InChI=1S/C15H16FNO3/c16-13-3-1-2-11(10-13)4-5-14(18)17-8-6-12(7-9-17)15(19)20/h1-5,10,12H,6-9H2,(H,19,20). The Bertz CT molecular complexity index is 534. The molecular weight excluding hydrogens is 261 g/mol. The number of halogens is 1. The summed E-state index contributed by atoms with van der Waals surface area (Å²) in [6.07, 6.45) is 3.92.